The van der Waals surface area contributed by atoms with E-state index in [1.807, 2.05) is 0 Å². The first-order valence-electron chi connectivity index (χ1n) is 22.9. The zero-order chi connectivity index (χ0) is 34.4. The van der Waals surface area contributed by atoms with Crippen molar-refractivity contribution in [3.8, 4) is 0 Å². The Morgan fingerprint density at radius 3 is 1.00 bits per heavy atom. The Kier molecular flexibility index (Phi) is 35.3. The molecular formula is C46H91N2+. The van der Waals surface area contributed by atoms with Gasteiger partial charge < -0.3 is 0 Å². The van der Waals surface area contributed by atoms with Gasteiger partial charge in [0.1, 0.15) is 12.4 Å². The van der Waals surface area contributed by atoms with Gasteiger partial charge in [0.05, 0.1) is 13.1 Å². The van der Waals surface area contributed by atoms with Gasteiger partial charge in [-0.15, -0.1) is 0 Å². The van der Waals surface area contributed by atoms with Crippen LogP contribution in [0.3, 0.4) is 0 Å². The van der Waals surface area contributed by atoms with Crippen molar-refractivity contribution in [1.82, 2.24) is 4.57 Å². The lowest BCUT2D eigenvalue weighted by molar-refractivity contribution is -0.704. The summed E-state index contributed by atoms with van der Waals surface area (Å²) in [7, 11) is 0. The van der Waals surface area contributed by atoms with Gasteiger partial charge in [0.25, 0.3) is 5.82 Å². The van der Waals surface area contributed by atoms with Crippen LogP contribution < -0.4 is 4.57 Å². The Hall–Kier alpha value is -0.790. The number of nitrogens with zero attached hydrogens (tertiary/aromatic N) is 2. The third kappa shape index (κ3) is 29.0. The zero-order valence-corrected chi connectivity index (χ0v) is 33.8. The molecule has 1 heterocycles. The van der Waals surface area contributed by atoms with Crippen LogP contribution in [-0.2, 0) is 19.5 Å². The first kappa shape index (κ1) is 45.2. The summed E-state index contributed by atoms with van der Waals surface area (Å²) in [6.07, 6.45) is 59.3. The van der Waals surface area contributed by atoms with E-state index in [4.69, 9.17) is 0 Å². The van der Waals surface area contributed by atoms with Gasteiger partial charge >= 0.3 is 0 Å². The Morgan fingerprint density at radius 1 is 0.354 bits per heavy atom. The molecule has 48 heavy (non-hydrogen) atoms. The maximum Gasteiger partial charge on any atom is 0.256 e. The first-order chi connectivity index (χ1) is 23.8. The number of unbranched alkanes of at least 4 members (excludes halogenated alkanes) is 34. The summed E-state index contributed by atoms with van der Waals surface area (Å²) in [5.41, 5.74) is 0. The predicted octanol–water partition coefficient (Wildman–Crippen LogP) is 15.8. The van der Waals surface area contributed by atoms with Crippen LogP contribution in [0.5, 0.6) is 0 Å². The fourth-order valence-electron chi connectivity index (χ4n) is 7.74. The molecular weight excluding hydrogens is 581 g/mol. The Morgan fingerprint density at radius 2 is 0.646 bits per heavy atom. The normalized spacial score (nSPS) is 11.6. The van der Waals surface area contributed by atoms with Gasteiger partial charge in [-0.3, -0.25) is 0 Å². The van der Waals surface area contributed by atoms with Gasteiger partial charge in [-0.2, -0.15) is 0 Å². The van der Waals surface area contributed by atoms with Crippen molar-refractivity contribution in [3.05, 3.63) is 18.2 Å². The van der Waals surface area contributed by atoms with Crippen molar-refractivity contribution in [1.29, 1.82) is 0 Å². The van der Waals surface area contributed by atoms with E-state index in [9.17, 15) is 0 Å². The van der Waals surface area contributed by atoms with Gasteiger partial charge in [0.15, 0.2) is 0 Å². The van der Waals surface area contributed by atoms with Crippen LogP contribution in [-0.4, -0.2) is 4.57 Å². The molecule has 0 N–H and O–H groups in total. The van der Waals surface area contributed by atoms with E-state index in [2.05, 4.69) is 42.3 Å². The van der Waals surface area contributed by atoms with E-state index in [0.29, 0.717) is 0 Å². The number of aromatic nitrogens is 2. The highest BCUT2D eigenvalue weighted by Crippen LogP contribution is 2.16. The third-order valence-corrected chi connectivity index (χ3v) is 11.1. The molecule has 0 aliphatic carbocycles. The van der Waals surface area contributed by atoms with Crippen LogP contribution in [0.1, 0.15) is 264 Å². The number of imidazole rings is 1. The summed E-state index contributed by atoms with van der Waals surface area (Å²) >= 11 is 0. The molecule has 2 heteroatoms. The number of hydrogen-bond acceptors (Lipinski definition) is 0. The molecule has 0 aliphatic rings. The van der Waals surface area contributed by atoms with E-state index in [1.165, 1.54) is 257 Å². The van der Waals surface area contributed by atoms with Gasteiger partial charge in [-0.1, -0.05) is 226 Å². The van der Waals surface area contributed by atoms with E-state index in [0.717, 1.165) is 0 Å². The molecule has 1 aromatic rings. The smallest absolute Gasteiger partial charge is 0.234 e. The Bertz CT molecular complexity index is 736. The quantitative estimate of drug-likeness (QED) is 0.0485. The monoisotopic (exact) mass is 672 g/mol. The summed E-state index contributed by atoms with van der Waals surface area (Å²) in [6.45, 7) is 9.41. The van der Waals surface area contributed by atoms with Crippen molar-refractivity contribution in [2.75, 3.05) is 0 Å². The Balaban J connectivity index is 2.22. The van der Waals surface area contributed by atoms with Crippen molar-refractivity contribution < 1.29 is 4.57 Å². The van der Waals surface area contributed by atoms with Crippen molar-refractivity contribution in [2.45, 2.75) is 278 Å². The zero-order valence-electron chi connectivity index (χ0n) is 33.8. The van der Waals surface area contributed by atoms with Gasteiger partial charge in [0, 0.05) is 6.42 Å². The number of hydrogen-bond donors (Lipinski definition) is 0. The second-order valence-corrected chi connectivity index (χ2v) is 15.9. The molecule has 0 aromatic carbocycles. The third-order valence-electron chi connectivity index (χ3n) is 11.1. The SMILES string of the molecule is CCCCCCCCCCCCCCCCCCCc1n(CCCCCCCCCC)cc[n+]1CCCCCCCCCCCCCC. The summed E-state index contributed by atoms with van der Waals surface area (Å²) in [5.74, 6) is 1.63. The van der Waals surface area contributed by atoms with E-state index < -0.39 is 0 Å². The lowest BCUT2D eigenvalue weighted by Crippen LogP contribution is -2.37. The largest absolute Gasteiger partial charge is 0.256 e. The highest BCUT2D eigenvalue weighted by Gasteiger charge is 2.16. The summed E-state index contributed by atoms with van der Waals surface area (Å²) < 4.78 is 5.29. The minimum absolute atomic E-state index is 1.23. The first-order valence-corrected chi connectivity index (χ1v) is 22.9. The fourth-order valence-corrected chi connectivity index (χ4v) is 7.74. The minimum atomic E-state index is 1.23. The highest BCUT2D eigenvalue weighted by molar-refractivity contribution is 4.84. The summed E-state index contributed by atoms with van der Waals surface area (Å²) in [4.78, 5) is 0. The standard InChI is InChI=1S/C46H91N2/c1-4-7-10-13-16-19-21-23-24-25-26-27-28-30-32-35-38-41-46-47(42-39-36-33-18-15-12-9-6-3)44-45-48(46)43-40-37-34-31-29-22-20-17-14-11-8-5-2/h44-45H,4-43H2,1-3H3/q+1. The molecule has 0 aliphatic heterocycles. The molecule has 0 saturated carbocycles. The lowest BCUT2D eigenvalue weighted by Gasteiger charge is -2.07. The number of rotatable bonds is 40. The van der Waals surface area contributed by atoms with Crippen LogP contribution in [0.25, 0.3) is 0 Å². The van der Waals surface area contributed by atoms with Gasteiger partial charge in [-0.25, -0.2) is 9.13 Å². The van der Waals surface area contributed by atoms with E-state index >= 15 is 0 Å². The molecule has 1 aromatic heterocycles. The molecule has 2 nitrogen and oxygen atoms in total. The summed E-state index contributed by atoms with van der Waals surface area (Å²) in [6, 6.07) is 0. The molecule has 0 saturated heterocycles. The van der Waals surface area contributed by atoms with Gasteiger partial charge in [0.2, 0.25) is 0 Å². The lowest BCUT2D eigenvalue weighted by atomic mass is 10.0. The van der Waals surface area contributed by atoms with Crippen LogP contribution in [0, 0.1) is 0 Å². The molecule has 0 radical (unpaired) electrons. The molecule has 0 spiro atoms. The van der Waals surface area contributed by atoms with Crippen molar-refractivity contribution in [2.24, 2.45) is 0 Å². The molecule has 0 amide bonds. The topological polar surface area (TPSA) is 8.81 Å². The predicted molar refractivity (Wildman–Crippen MR) is 216 cm³/mol. The average Bonchev–Trinajstić information content (AvgIpc) is 3.48. The summed E-state index contributed by atoms with van der Waals surface area (Å²) in [5, 5.41) is 0. The Labute approximate surface area is 304 Å². The fraction of sp³-hybridized carbons (Fsp3) is 0.935. The van der Waals surface area contributed by atoms with Crippen LogP contribution in [0.15, 0.2) is 12.4 Å². The highest BCUT2D eigenvalue weighted by atomic mass is 15.1. The van der Waals surface area contributed by atoms with Crippen LogP contribution in [0.4, 0.5) is 0 Å². The van der Waals surface area contributed by atoms with Crippen LogP contribution in [0.2, 0.25) is 0 Å². The van der Waals surface area contributed by atoms with E-state index in [-0.39, 0.29) is 0 Å². The van der Waals surface area contributed by atoms with Crippen molar-refractivity contribution in [3.63, 3.8) is 0 Å². The van der Waals surface area contributed by atoms with Crippen LogP contribution >= 0.6 is 0 Å². The minimum Gasteiger partial charge on any atom is -0.234 e. The second-order valence-electron chi connectivity index (χ2n) is 15.9. The molecule has 0 bridgehead atoms. The molecule has 0 fully saturated rings. The molecule has 0 atom stereocenters. The van der Waals surface area contributed by atoms with Gasteiger partial charge in [-0.05, 0) is 32.1 Å². The van der Waals surface area contributed by atoms with E-state index in [1.54, 1.807) is 5.82 Å². The molecule has 1 rings (SSSR count). The maximum atomic E-state index is 2.65. The number of aryl methyl sites for hydroxylation is 2. The average molecular weight is 672 g/mol. The molecule has 284 valence electrons. The second kappa shape index (κ2) is 37.5. The maximum absolute atomic E-state index is 2.65. The molecule has 0 unspecified atom stereocenters. The van der Waals surface area contributed by atoms with Crippen molar-refractivity contribution >= 4 is 0 Å².